The van der Waals surface area contributed by atoms with Gasteiger partial charge >= 0.3 is 0 Å². The second-order valence-corrected chi connectivity index (χ2v) is 6.79. The third-order valence-corrected chi connectivity index (χ3v) is 4.96. The molecule has 138 valence electrons. The van der Waals surface area contributed by atoms with E-state index in [1.54, 1.807) is 6.33 Å². The third-order valence-electron chi connectivity index (χ3n) is 4.96. The Kier molecular flexibility index (Phi) is 5.71. The highest BCUT2D eigenvalue weighted by molar-refractivity contribution is 5.78. The molecule has 3 rings (SSSR count). The highest BCUT2D eigenvalue weighted by Gasteiger charge is 2.26. The summed E-state index contributed by atoms with van der Waals surface area (Å²) in [5.74, 6) is 1.76. The summed E-state index contributed by atoms with van der Waals surface area (Å²) < 4.78 is 5.69. The van der Waals surface area contributed by atoms with Gasteiger partial charge in [0.25, 0.3) is 5.91 Å². The van der Waals surface area contributed by atoms with Gasteiger partial charge in [-0.15, -0.1) is 0 Å². The molecule has 0 atom stereocenters. The zero-order chi connectivity index (χ0) is 18.5. The monoisotopic (exact) mass is 354 g/mol. The first-order valence-electron chi connectivity index (χ1n) is 9.02. The molecule has 6 nitrogen and oxygen atoms in total. The molecule has 6 heteroatoms. The molecule has 0 N–H and O–H groups in total. The van der Waals surface area contributed by atoms with E-state index in [-0.39, 0.29) is 12.5 Å². The van der Waals surface area contributed by atoms with Gasteiger partial charge in [0.15, 0.2) is 6.61 Å². The summed E-state index contributed by atoms with van der Waals surface area (Å²) in [5.41, 5.74) is 2.00. The minimum atomic E-state index is 0.0484. The van der Waals surface area contributed by atoms with Gasteiger partial charge in [0.05, 0.1) is 0 Å². The van der Waals surface area contributed by atoms with Crippen molar-refractivity contribution in [2.75, 3.05) is 31.6 Å². The van der Waals surface area contributed by atoms with Gasteiger partial charge in [-0.25, -0.2) is 9.97 Å². The van der Waals surface area contributed by atoms with E-state index < -0.39 is 0 Å². The Morgan fingerprint density at radius 3 is 2.65 bits per heavy atom. The van der Waals surface area contributed by atoms with Crippen LogP contribution in [0.3, 0.4) is 0 Å². The second kappa shape index (κ2) is 8.17. The Morgan fingerprint density at radius 1 is 1.23 bits per heavy atom. The van der Waals surface area contributed by atoms with Crippen LogP contribution in [0.1, 0.15) is 24.1 Å². The molecule has 2 heterocycles. The van der Waals surface area contributed by atoms with Crippen molar-refractivity contribution < 1.29 is 9.53 Å². The summed E-state index contributed by atoms with van der Waals surface area (Å²) in [7, 11) is 2.06. The SMILES string of the molecule is Cc1cc(N(C)C2CCN(C(=O)COc3ccccc3C)CC2)ncn1. The predicted octanol–water partition coefficient (Wildman–Crippen LogP) is 2.60. The molecule has 0 aliphatic carbocycles. The first kappa shape index (κ1) is 18.2. The van der Waals surface area contributed by atoms with Gasteiger partial charge in [0.2, 0.25) is 0 Å². The lowest BCUT2D eigenvalue weighted by atomic mass is 10.0. The summed E-state index contributed by atoms with van der Waals surface area (Å²) in [6, 6.07) is 10.1. The molecule has 1 amide bonds. The van der Waals surface area contributed by atoms with Crippen LogP contribution in [0.15, 0.2) is 36.7 Å². The number of amides is 1. The highest BCUT2D eigenvalue weighted by Crippen LogP contribution is 2.21. The summed E-state index contributed by atoms with van der Waals surface area (Å²) >= 11 is 0. The van der Waals surface area contributed by atoms with Crippen LogP contribution in [0.4, 0.5) is 5.82 Å². The molecule has 1 saturated heterocycles. The summed E-state index contributed by atoms with van der Waals surface area (Å²) in [4.78, 5) is 25.0. The standard InChI is InChI=1S/C20H26N4O2/c1-15-6-4-5-7-18(15)26-13-20(25)24-10-8-17(9-11-24)23(3)19-12-16(2)21-14-22-19/h4-7,12,14,17H,8-11,13H2,1-3H3. The fourth-order valence-corrected chi connectivity index (χ4v) is 3.27. The molecule has 1 aliphatic rings. The molecule has 0 bridgehead atoms. The van der Waals surface area contributed by atoms with Crippen LogP contribution in [-0.2, 0) is 4.79 Å². The van der Waals surface area contributed by atoms with Gasteiger partial charge in [-0.05, 0) is 38.3 Å². The maximum absolute atomic E-state index is 12.4. The molecule has 1 aromatic carbocycles. The second-order valence-electron chi connectivity index (χ2n) is 6.79. The van der Waals surface area contributed by atoms with Crippen LogP contribution in [0, 0.1) is 13.8 Å². The lowest BCUT2D eigenvalue weighted by molar-refractivity contribution is -0.134. The van der Waals surface area contributed by atoms with E-state index in [2.05, 4.69) is 21.9 Å². The number of hydrogen-bond donors (Lipinski definition) is 0. The first-order chi connectivity index (χ1) is 12.5. The van der Waals surface area contributed by atoms with Gasteiger partial charge in [-0.2, -0.15) is 0 Å². The van der Waals surface area contributed by atoms with Crippen LogP contribution in [0.25, 0.3) is 0 Å². The minimum Gasteiger partial charge on any atom is -0.484 e. The van der Waals surface area contributed by atoms with E-state index in [1.165, 1.54) is 0 Å². The van der Waals surface area contributed by atoms with Crippen LogP contribution < -0.4 is 9.64 Å². The van der Waals surface area contributed by atoms with Gasteiger partial charge in [-0.3, -0.25) is 4.79 Å². The number of likely N-dealkylation sites (tertiary alicyclic amines) is 1. The van der Waals surface area contributed by atoms with Crippen molar-refractivity contribution >= 4 is 11.7 Å². The number of benzene rings is 1. The normalized spacial score (nSPS) is 15.0. The number of aryl methyl sites for hydroxylation is 2. The molecule has 0 unspecified atom stereocenters. The van der Waals surface area contributed by atoms with Crippen molar-refractivity contribution in [3.05, 3.63) is 47.9 Å². The van der Waals surface area contributed by atoms with Crippen molar-refractivity contribution in [3.63, 3.8) is 0 Å². The van der Waals surface area contributed by atoms with Crippen molar-refractivity contribution in [1.82, 2.24) is 14.9 Å². The Morgan fingerprint density at radius 2 is 1.96 bits per heavy atom. The molecule has 1 fully saturated rings. The number of carbonyl (C=O) groups is 1. The Balaban J connectivity index is 1.50. The summed E-state index contributed by atoms with van der Waals surface area (Å²) in [6.07, 6.45) is 3.45. The van der Waals surface area contributed by atoms with Gasteiger partial charge in [0.1, 0.15) is 17.9 Å². The van der Waals surface area contributed by atoms with Crippen LogP contribution in [-0.4, -0.2) is 53.6 Å². The minimum absolute atomic E-state index is 0.0484. The van der Waals surface area contributed by atoms with E-state index in [4.69, 9.17) is 4.74 Å². The van der Waals surface area contributed by atoms with Gasteiger partial charge in [-0.1, -0.05) is 18.2 Å². The number of rotatable bonds is 5. The number of anilines is 1. The molecule has 0 saturated carbocycles. The fraction of sp³-hybridized carbons (Fsp3) is 0.450. The Bertz CT molecular complexity index is 757. The van der Waals surface area contributed by atoms with E-state index in [0.717, 1.165) is 48.8 Å². The van der Waals surface area contributed by atoms with Crippen LogP contribution in [0.2, 0.25) is 0 Å². The van der Waals surface area contributed by atoms with E-state index in [1.807, 2.05) is 49.1 Å². The molecule has 0 spiro atoms. The molecule has 1 aromatic heterocycles. The largest absolute Gasteiger partial charge is 0.484 e. The van der Waals surface area contributed by atoms with Gasteiger partial charge in [0, 0.05) is 37.9 Å². The predicted molar refractivity (Wildman–Crippen MR) is 101 cm³/mol. The summed E-state index contributed by atoms with van der Waals surface area (Å²) in [6.45, 7) is 5.53. The molecule has 0 radical (unpaired) electrons. The van der Waals surface area contributed by atoms with Crippen LogP contribution >= 0.6 is 0 Å². The number of aromatic nitrogens is 2. The van der Waals surface area contributed by atoms with Gasteiger partial charge < -0.3 is 14.5 Å². The lowest BCUT2D eigenvalue weighted by Gasteiger charge is -2.37. The number of para-hydroxylation sites is 1. The number of nitrogens with zero attached hydrogens (tertiary/aromatic N) is 4. The molecule has 1 aliphatic heterocycles. The van der Waals surface area contributed by atoms with Crippen molar-refractivity contribution in [2.45, 2.75) is 32.7 Å². The van der Waals surface area contributed by atoms with Crippen molar-refractivity contribution in [1.29, 1.82) is 0 Å². The van der Waals surface area contributed by atoms with E-state index in [0.29, 0.717) is 6.04 Å². The molecule has 2 aromatic rings. The van der Waals surface area contributed by atoms with E-state index in [9.17, 15) is 4.79 Å². The first-order valence-corrected chi connectivity index (χ1v) is 9.02. The highest BCUT2D eigenvalue weighted by atomic mass is 16.5. The summed E-state index contributed by atoms with van der Waals surface area (Å²) in [5, 5.41) is 0. The number of ether oxygens (including phenoxy) is 1. The zero-order valence-corrected chi connectivity index (χ0v) is 15.7. The topological polar surface area (TPSA) is 58.6 Å². The van der Waals surface area contributed by atoms with Crippen LogP contribution in [0.5, 0.6) is 5.75 Å². The maximum Gasteiger partial charge on any atom is 0.260 e. The number of piperidine rings is 1. The van der Waals surface area contributed by atoms with E-state index >= 15 is 0 Å². The Labute approximate surface area is 154 Å². The quantitative estimate of drug-likeness (QED) is 0.826. The number of hydrogen-bond acceptors (Lipinski definition) is 5. The third kappa shape index (κ3) is 4.31. The number of carbonyl (C=O) groups excluding carboxylic acids is 1. The molecule has 26 heavy (non-hydrogen) atoms. The van der Waals surface area contributed by atoms with Crippen molar-refractivity contribution in [3.8, 4) is 5.75 Å². The fourth-order valence-electron chi connectivity index (χ4n) is 3.27. The van der Waals surface area contributed by atoms with Crippen molar-refractivity contribution in [2.24, 2.45) is 0 Å². The lowest BCUT2D eigenvalue weighted by Crippen LogP contribution is -2.47. The maximum atomic E-state index is 12.4. The molecular formula is C20H26N4O2. The average Bonchev–Trinajstić information content (AvgIpc) is 2.66. The Hall–Kier alpha value is -2.63. The zero-order valence-electron chi connectivity index (χ0n) is 15.7. The smallest absolute Gasteiger partial charge is 0.260 e. The molecular weight excluding hydrogens is 328 g/mol. The average molecular weight is 354 g/mol.